The molecule has 2 nitrogen and oxygen atoms in total. The quantitative estimate of drug-likeness (QED) is 0.766. The summed E-state index contributed by atoms with van der Waals surface area (Å²) < 4.78 is 5.70. The highest BCUT2D eigenvalue weighted by atomic mass is 32.2. The predicted octanol–water partition coefficient (Wildman–Crippen LogP) is 3.49. The number of nitrogens with one attached hydrogen (secondary N) is 1. The van der Waals surface area contributed by atoms with Crippen LogP contribution in [-0.2, 0) is 0 Å². The second-order valence-electron chi connectivity index (χ2n) is 3.93. The fraction of sp³-hybridized carbons (Fsp3) is 0.571. The fourth-order valence-electron chi connectivity index (χ4n) is 1.80. The number of rotatable bonds is 8. The fourth-order valence-corrected chi connectivity index (χ4v) is 2.43. The minimum Gasteiger partial charge on any atom is -0.494 e. The van der Waals surface area contributed by atoms with Crippen LogP contribution in [0.15, 0.2) is 24.3 Å². The number of hydrogen-bond donors (Lipinski definition) is 1. The standard InChI is InChI=1S/C14H23NOS/c1-4-10-15-13(11-17-3)12-8-6-7-9-14(12)16-5-2/h6-9,13,15H,4-5,10-11H2,1-3H3. The Balaban J connectivity index is 2.83. The Bertz CT molecular complexity index is 317. The highest BCUT2D eigenvalue weighted by molar-refractivity contribution is 7.98. The van der Waals surface area contributed by atoms with E-state index in [0.29, 0.717) is 6.04 Å². The van der Waals surface area contributed by atoms with Gasteiger partial charge in [-0.15, -0.1) is 0 Å². The van der Waals surface area contributed by atoms with E-state index in [9.17, 15) is 0 Å². The van der Waals surface area contributed by atoms with Gasteiger partial charge in [0.15, 0.2) is 0 Å². The molecule has 0 fully saturated rings. The molecule has 0 aliphatic heterocycles. The number of thioether (sulfide) groups is 1. The molecule has 0 aromatic heterocycles. The van der Waals surface area contributed by atoms with E-state index in [2.05, 4.69) is 36.7 Å². The van der Waals surface area contributed by atoms with Crippen molar-refractivity contribution in [2.45, 2.75) is 26.3 Å². The van der Waals surface area contributed by atoms with Crippen LogP contribution in [0.2, 0.25) is 0 Å². The molecule has 0 radical (unpaired) electrons. The van der Waals surface area contributed by atoms with E-state index in [1.165, 1.54) is 5.56 Å². The van der Waals surface area contributed by atoms with Gasteiger partial charge in [-0.05, 0) is 32.2 Å². The Morgan fingerprint density at radius 3 is 2.71 bits per heavy atom. The minimum atomic E-state index is 0.382. The molecule has 1 aromatic rings. The molecule has 0 heterocycles. The van der Waals surface area contributed by atoms with Gasteiger partial charge in [-0.1, -0.05) is 25.1 Å². The summed E-state index contributed by atoms with van der Waals surface area (Å²) in [7, 11) is 0. The monoisotopic (exact) mass is 253 g/mol. The molecule has 1 N–H and O–H groups in total. The lowest BCUT2D eigenvalue weighted by atomic mass is 10.1. The largest absolute Gasteiger partial charge is 0.494 e. The van der Waals surface area contributed by atoms with E-state index >= 15 is 0 Å². The molecule has 1 unspecified atom stereocenters. The zero-order chi connectivity index (χ0) is 12.5. The first-order valence-corrected chi connectivity index (χ1v) is 7.66. The van der Waals surface area contributed by atoms with Gasteiger partial charge in [0, 0.05) is 17.4 Å². The van der Waals surface area contributed by atoms with Crippen molar-refractivity contribution in [1.29, 1.82) is 0 Å². The summed E-state index contributed by atoms with van der Waals surface area (Å²) in [6.45, 7) is 5.99. The summed E-state index contributed by atoms with van der Waals surface area (Å²) in [5, 5.41) is 3.58. The van der Waals surface area contributed by atoms with Crippen LogP contribution in [0.3, 0.4) is 0 Å². The zero-order valence-electron chi connectivity index (χ0n) is 11.0. The molecular weight excluding hydrogens is 230 g/mol. The van der Waals surface area contributed by atoms with E-state index in [0.717, 1.165) is 31.1 Å². The molecule has 96 valence electrons. The molecular formula is C14H23NOS. The maximum absolute atomic E-state index is 5.70. The van der Waals surface area contributed by atoms with Gasteiger partial charge in [0.2, 0.25) is 0 Å². The minimum absolute atomic E-state index is 0.382. The van der Waals surface area contributed by atoms with Crippen molar-refractivity contribution in [3.63, 3.8) is 0 Å². The zero-order valence-corrected chi connectivity index (χ0v) is 11.8. The normalized spacial score (nSPS) is 12.4. The third-order valence-corrected chi connectivity index (χ3v) is 3.24. The van der Waals surface area contributed by atoms with Crippen LogP contribution < -0.4 is 10.1 Å². The molecule has 0 aliphatic rings. The molecule has 3 heteroatoms. The van der Waals surface area contributed by atoms with Gasteiger partial charge in [0.25, 0.3) is 0 Å². The van der Waals surface area contributed by atoms with Crippen LogP contribution >= 0.6 is 11.8 Å². The Hall–Kier alpha value is -0.670. The average Bonchev–Trinajstić information content (AvgIpc) is 2.36. The summed E-state index contributed by atoms with van der Waals surface area (Å²) >= 11 is 1.86. The van der Waals surface area contributed by atoms with Gasteiger partial charge in [0.1, 0.15) is 5.75 Å². The van der Waals surface area contributed by atoms with Crippen molar-refractivity contribution in [2.75, 3.05) is 25.2 Å². The lowest BCUT2D eigenvalue weighted by Crippen LogP contribution is -2.24. The smallest absolute Gasteiger partial charge is 0.124 e. The van der Waals surface area contributed by atoms with E-state index in [4.69, 9.17) is 4.74 Å². The maximum atomic E-state index is 5.70. The molecule has 0 saturated carbocycles. The molecule has 17 heavy (non-hydrogen) atoms. The van der Waals surface area contributed by atoms with Crippen molar-refractivity contribution in [1.82, 2.24) is 5.32 Å². The molecule has 0 aliphatic carbocycles. The van der Waals surface area contributed by atoms with Gasteiger partial charge < -0.3 is 10.1 Å². The SMILES string of the molecule is CCCNC(CSC)c1ccccc1OCC. The first-order valence-electron chi connectivity index (χ1n) is 6.27. The molecule has 0 spiro atoms. The summed E-state index contributed by atoms with van der Waals surface area (Å²) in [4.78, 5) is 0. The second-order valence-corrected chi connectivity index (χ2v) is 4.84. The van der Waals surface area contributed by atoms with Crippen molar-refractivity contribution in [3.8, 4) is 5.75 Å². The molecule has 0 amide bonds. The first kappa shape index (κ1) is 14.4. The topological polar surface area (TPSA) is 21.3 Å². The molecule has 1 aromatic carbocycles. The maximum Gasteiger partial charge on any atom is 0.124 e. The average molecular weight is 253 g/mol. The van der Waals surface area contributed by atoms with Crippen molar-refractivity contribution < 1.29 is 4.74 Å². The van der Waals surface area contributed by atoms with Gasteiger partial charge >= 0.3 is 0 Å². The van der Waals surface area contributed by atoms with E-state index in [1.807, 2.05) is 24.8 Å². The molecule has 1 atom stereocenters. The van der Waals surface area contributed by atoms with Crippen LogP contribution in [0.4, 0.5) is 0 Å². The highest BCUT2D eigenvalue weighted by Crippen LogP contribution is 2.27. The summed E-state index contributed by atoms with van der Waals surface area (Å²) in [5.41, 5.74) is 1.28. The van der Waals surface area contributed by atoms with Crippen LogP contribution in [-0.4, -0.2) is 25.2 Å². The van der Waals surface area contributed by atoms with Crippen molar-refractivity contribution in [2.24, 2.45) is 0 Å². The highest BCUT2D eigenvalue weighted by Gasteiger charge is 2.14. The predicted molar refractivity (Wildman–Crippen MR) is 77.0 cm³/mol. The lowest BCUT2D eigenvalue weighted by molar-refractivity contribution is 0.332. The van der Waals surface area contributed by atoms with Gasteiger partial charge in [0.05, 0.1) is 6.61 Å². The number of benzene rings is 1. The number of para-hydroxylation sites is 1. The van der Waals surface area contributed by atoms with E-state index < -0.39 is 0 Å². The van der Waals surface area contributed by atoms with E-state index in [1.54, 1.807) is 0 Å². The third-order valence-electron chi connectivity index (χ3n) is 2.57. The van der Waals surface area contributed by atoms with Crippen molar-refractivity contribution >= 4 is 11.8 Å². The molecule has 0 saturated heterocycles. The van der Waals surface area contributed by atoms with Crippen LogP contribution in [0.5, 0.6) is 5.75 Å². The lowest BCUT2D eigenvalue weighted by Gasteiger charge is -2.20. The van der Waals surface area contributed by atoms with Gasteiger partial charge in [-0.3, -0.25) is 0 Å². The van der Waals surface area contributed by atoms with Crippen LogP contribution in [0, 0.1) is 0 Å². The van der Waals surface area contributed by atoms with Crippen LogP contribution in [0.1, 0.15) is 31.9 Å². The number of hydrogen-bond acceptors (Lipinski definition) is 3. The summed E-state index contributed by atoms with van der Waals surface area (Å²) in [6.07, 6.45) is 3.30. The van der Waals surface area contributed by atoms with Gasteiger partial charge in [-0.25, -0.2) is 0 Å². The van der Waals surface area contributed by atoms with Crippen molar-refractivity contribution in [3.05, 3.63) is 29.8 Å². The Morgan fingerprint density at radius 1 is 1.29 bits per heavy atom. The Labute approximate surface area is 109 Å². The number of ether oxygens (including phenoxy) is 1. The second kappa shape index (κ2) is 8.43. The Kier molecular flexibility index (Phi) is 7.13. The first-order chi connectivity index (χ1) is 8.33. The third kappa shape index (κ3) is 4.60. The van der Waals surface area contributed by atoms with Gasteiger partial charge in [-0.2, -0.15) is 11.8 Å². The Morgan fingerprint density at radius 2 is 2.06 bits per heavy atom. The van der Waals surface area contributed by atoms with Crippen LogP contribution in [0.25, 0.3) is 0 Å². The molecule has 0 bridgehead atoms. The summed E-state index contributed by atoms with van der Waals surface area (Å²) in [6, 6.07) is 8.71. The summed E-state index contributed by atoms with van der Waals surface area (Å²) in [5.74, 6) is 2.09. The van der Waals surface area contributed by atoms with E-state index in [-0.39, 0.29) is 0 Å². The molecule has 1 rings (SSSR count).